The van der Waals surface area contributed by atoms with Crippen molar-refractivity contribution >= 4 is 52.3 Å². The predicted molar refractivity (Wildman–Crippen MR) is 118 cm³/mol. The summed E-state index contributed by atoms with van der Waals surface area (Å²) in [5.74, 6) is -2.98. The largest absolute Gasteiger partial charge is 0.360 e. The highest BCUT2D eigenvalue weighted by atomic mass is 35.5. The summed E-state index contributed by atoms with van der Waals surface area (Å²) in [4.78, 5) is 50.5. The van der Waals surface area contributed by atoms with Gasteiger partial charge in [0.1, 0.15) is 5.60 Å². The van der Waals surface area contributed by atoms with E-state index in [0.29, 0.717) is 5.02 Å². The molecule has 3 heterocycles. The topological polar surface area (TPSA) is 119 Å². The molecule has 33 heavy (non-hydrogen) atoms. The zero-order chi connectivity index (χ0) is 23.5. The lowest BCUT2D eigenvalue weighted by Crippen LogP contribution is -2.48. The van der Waals surface area contributed by atoms with Crippen LogP contribution in [0.4, 0.5) is 11.4 Å². The first-order chi connectivity index (χ1) is 15.7. The Morgan fingerprint density at radius 3 is 2.55 bits per heavy atom. The molecule has 11 heteroatoms. The van der Waals surface area contributed by atoms with Crippen LogP contribution in [0.3, 0.4) is 0 Å². The van der Waals surface area contributed by atoms with Crippen LogP contribution in [0.25, 0.3) is 0 Å². The molecule has 2 aromatic carbocycles. The van der Waals surface area contributed by atoms with Crippen molar-refractivity contribution in [1.29, 1.82) is 0 Å². The van der Waals surface area contributed by atoms with Crippen molar-refractivity contribution in [2.24, 2.45) is 11.8 Å². The minimum atomic E-state index is -1.19. The third kappa shape index (κ3) is 3.31. The number of hydrogen-bond acceptors (Lipinski definition) is 6. The molecule has 2 bridgehead atoms. The Balaban J connectivity index is 1.39. The van der Waals surface area contributed by atoms with E-state index in [4.69, 9.17) is 27.9 Å². The SMILES string of the molecule is O=C(NC[C@@]12C=C[C@@H](O1)[C@@H]1C(=O)N(c3ccc([N+](=O)[O-])cc3)C(=O)[C@@H]12)c1ccc(Cl)cc1Cl. The molecule has 0 aliphatic carbocycles. The molecule has 0 spiro atoms. The lowest BCUT2D eigenvalue weighted by atomic mass is 9.77. The normalized spacial score (nSPS) is 27.2. The summed E-state index contributed by atoms with van der Waals surface area (Å²) in [5.41, 5.74) is -0.877. The number of nitro benzene ring substituents is 1. The fourth-order valence-corrected chi connectivity index (χ4v) is 5.17. The molecule has 0 radical (unpaired) electrons. The average Bonchev–Trinajstić information content (AvgIpc) is 3.42. The summed E-state index contributed by atoms with van der Waals surface area (Å²) in [7, 11) is 0. The molecule has 3 aliphatic rings. The van der Waals surface area contributed by atoms with E-state index in [-0.39, 0.29) is 28.5 Å². The van der Waals surface area contributed by atoms with Crippen molar-refractivity contribution in [3.8, 4) is 0 Å². The van der Waals surface area contributed by atoms with Crippen LogP contribution in [0.5, 0.6) is 0 Å². The number of imide groups is 1. The molecule has 0 saturated carbocycles. The number of fused-ring (bicyclic) bond motifs is 5. The Morgan fingerprint density at radius 1 is 1.15 bits per heavy atom. The van der Waals surface area contributed by atoms with Crippen LogP contribution in [-0.2, 0) is 14.3 Å². The molecule has 1 N–H and O–H groups in total. The Labute approximate surface area is 197 Å². The quantitative estimate of drug-likeness (QED) is 0.299. The maximum Gasteiger partial charge on any atom is 0.269 e. The van der Waals surface area contributed by atoms with Crippen LogP contribution in [-0.4, -0.2) is 40.9 Å². The first-order valence-corrected chi connectivity index (χ1v) is 10.7. The van der Waals surface area contributed by atoms with Crippen LogP contribution in [0.2, 0.25) is 10.0 Å². The van der Waals surface area contributed by atoms with E-state index < -0.39 is 46.2 Å². The number of amides is 3. The van der Waals surface area contributed by atoms with Crippen LogP contribution >= 0.6 is 23.2 Å². The van der Waals surface area contributed by atoms with Gasteiger partial charge in [0.2, 0.25) is 11.8 Å². The molecule has 2 fully saturated rings. The summed E-state index contributed by atoms with van der Waals surface area (Å²) in [6.07, 6.45) is 2.81. The Kier molecular flexibility index (Phi) is 5.00. The lowest BCUT2D eigenvalue weighted by Gasteiger charge is -2.29. The highest BCUT2D eigenvalue weighted by Crippen LogP contribution is 2.52. The van der Waals surface area contributed by atoms with Gasteiger partial charge in [-0.25, -0.2) is 4.90 Å². The van der Waals surface area contributed by atoms with Gasteiger partial charge in [0.25, 0.3) is 11.6 Å². The highest BCUT2D eigenvalue weighted by molar-refractivity contribution is 6.36. The smallest absolute Gasteiger partial charge is 0.269 e. The number of benzene rings is 2. The summed E-state index contributed by atoms with van der Waals surface area (Å²) < 4.78 is 6.00. The molecule has 3 aliphatic heterocycles. The first-order valence-electron chi connectivity index (χ1n) is 9.94. The van der Waals surface area contributed by atoms with Crippen molar-refractivity contribution in [1.82, 2.24) is 5.32 Å². The van der Waals surface area contributed by atoms with E-state index in [9.17, 15) is 24.5 Å². The summed E-state index contributed by atoms with van der Waals surface area (Å²) in [5, 5.41) is 14.2. The molecular formula is C22H15Cl2N3O6. The minimum absolute atomic E-state index is 0.0495. The second-order valence-corrected chi connectivity index (χ2v) is 8.84. The number of carbonyl (C=O) groups excluding carboxylic acids is 3. The molecule has 4 atom stereocenters. The van der Waals surface area contributed by atoms with Crippen LogP contribution in [0.1, 0.15) is 10.4 Å². The van der Waals surface area contributed by atoms with E-state index >= 15 is 0 Å². The van der Waals surface area contributed by atoms with Crippen LogP contribution < -0.4 is 10.2 Å². The zero-order valence-electron chi connectivity index (χ0n) is 16.7. The lowest BCUT2D eigenvalue weighted by molar-refractivity contribution is -0.384. The number of nitrogens with one attached hydrogen (secondary N) is 1. The molecule has 9 nitrogen and oxygen atoms in total. The second-order valence-electron chi connectivity index (χ2n) is 7.99. The number of non-ortho nitro benzene ring substituents is 1. The number of ether oxygens (including phenoxy) is 1. The summed E-state index contributed by atoms with van der Waals surface area (Å²) >= 11 is 12.0. The molecule has 3 amide bonds. The van der Waals surface area contributed by atoms with Gasteiger partial charge in [-0.2, -0.15) is 0 Å². The molecule has 0 unspecified atom stereocenters. The maximum absolute atomic E-state index is 13.3. The van der Waals surface area contributed by atoms with Gasteiger partial charge < -0.3 is 10.1 Å². The van der Waals surface area contributed by atoms with Gasteiger partial charge >= 0.3 is 0 Å². The van der Waals surface area contributed by atoms with E-state index in [2.05, 4.69) is 5.32 Å². The maximum atomic E-state index is 13.3. The molecular weight excluding hydrogens is 473 g/mol. The van der Waals surface area contributed by atoms with Crippen molar-refractivity contribution < 1.29 is 24.0 Å². The van der Waals surface area contributed by atoms with Gasteiger partial charge in [0, 0.05) is 17.2 Å². The number of rotatable bonds is 5. The van der Waals surface area contributed by atoms with Gasteiger partial charge in [0.05, 0.1) is 45.7 Å². The average molecular weight is 488 g/mol. The Bertz CT molecular complexity index is 1250. The molecule has 168 valence electrons. The molecule has 0 aromatic heterocycles. The van der Waals surface area contributed by atoms with Crippen molar-refractivity contribution in [2.75, 3.05) is 11.4 Å². The molecule has 2 saturated heterocycles. The fourth-order valence-electron chi connectivity index (χ4n) is 4.67. The van der Waals surface area contributed by atoms with Gasteiger partial charge in [0.15, 0.2) is 0 Å². The third-order valence-electron chi connectivity index (χ3n) is 6.17. The first kappa shape index (κ1) is 21.6. The number of halogens is 2. The zero-order valence-corrected chi connectivity index (χ0v) is 18.2. The molecule has 2 aromatic rings. The van der Waals surface area contributed by atoms with Crippen molar-refractivity contribution in [3.05, 3.63) is 80.3 Å². The van der Waals surface area contributed by atoms with Gasteiger partial charge in [-0.1, -0.05) is 35.4 Å². The predicted octanol–water partition coefficient (Wildman–Crippen LogP) is 3.14. The number of hydrogen-bond donors (Lipinski definition) is 1. The van der Waals surface area contributed by atoms with Crippen LogP contribution in [0, 0.1) is 22.0 Å². The summed E-state index contributed by atoms with van der Waals surface area (Å²) in [6.45, 7) is -0.0495. The van der Waals surface area contributed by atoms with Gasteiger partial charge in [-0.05, 0) is 30.3 Å². The molecule has 5 rings (SSSR count). The second kappa shape index (κ2) is 7.65. The van der Waals surface area contributed by atoms with Gasteiger partial charge in [-0.15, -0.1) is 0 Å². The van der Waals surface area contributed by atoms with Crippen molar-refractivity contribution in [2.45, 2.75) is 11.7 Å². The Hall–Kier alpha value is -3.27. The minimum Gasteiger partial charge on any atom is -0.360 e. The monoisotopic (exact) mass is 487 g/mol. The summed E-state index contributed by atoms with van der Waals surface area (Å²) in [6, 6.07) is 9.67. The van der Waals surface area contributed by atoms with E-state index in [1.54, 1.807) is 12.2 Å². The number of anilines is 1. The van der Waals surface area contributed by atoms with E-state index in [1.807, 2.05) is 0 Å². The number of carbonyl (C=O) groups is 3. The van der Waals surface area contributed by atoms with Gasteiger partial charge in [-0.3, -0.25) is 24.5 Å². The van der Waals surface area contributed by atoms with E-state index in [0.717, 1.165) is 4.90 Å². The highest BCUT2D eigenvalue weighted by Gasteiger charge is 2.67. The number of nitro groups is 1. The standard InChI is InChI=1S/C22H15Cl2N3O6/c23-11-1-6-14(15(24)9-11)19(28)25-10-22-8-7-16(33-22)17-18(22)21(30)26(20(17)29)12-2-4-13(5-3-12)27(31)32/h1-9,16-18H,10H2,(H,25,28)/t16-,17+,18-,22-/m1/s1. The third-order valence-corrected chi connectivity index (χ3v) is 6.72. The van der Waals surface area contributed by atoms with E-state index in [1.165, 1.54) is 42.5 Å². The number of nitrogens with zero attached hydrogens (tertiary/aromatic N) is 2. The van der Waals surface area contributed by atoms with Crippen molar-refractivity contribution in [3.63, 3.8) is 0 Å². The Morgan fingerprint density at radius 2 is 1.88 bits per heavy atom. The van der Waals surface area contributed by atoms with Crippen LogP contribution in [0.15, 0.2) is 54.6 Å². The fraction of sp³-hybridized carbons (Fsp3) is 0.227.